The summed E-state index contributed by atoms with van der Waals surface area (Å²) in [5.41, 5.74) is 0. The number of rotatable bonds is 14. The predicted octanol–water partition coefficient (Wildman–Crippen LogP) is 5.88. The molecule has 0 aromatic heterocycles. The standard InChI is InChI=1S/C18H32O2/c1-2-3-4-5-6-7-8-9-10-11-12-13-14-15-16-17-18(19)20/h13-16H,2-12,17H2,1H3,(H,19,20)/b14-13+,16-15+. The second-order valence-corrected chi connectivity index (χ2v) is 5.42. The van der Waals surface area contributed by atoms with Crippen molar-refractivity contribution in [3.8, 4) is 0 Å². The first kappa shape index (κ1) is 18.9. The van der Waals surface area contributed by atoms with E-state index < -0.39 is 5.97 Å². The number of carboxylic acids is 1. The van der Waals surface area contributed by atoms with Gasteiger partial charge in [0.2, 0.25) is 0 Å². The number of allylic oxidation sites excluding steroid dienone is 3. The van der Waals surface area contributed by atoms with Crippen LogP contribution in [-0.4, -0.2) is 11.1 Å². The molecule has 20 heavy (non-hydrogen) atoms. The van der Waals surface area contributed by atoms with E-state index in [-0.39, 0.29) is 6.42 Å². The van der Waals surface area contributed by atoms with Gasteiger partial charge in [-0.1, -0.05) is 89.0 Å². The van der Waals surface area contributed by atoms with Gasteiger partial charge in [0.25, 0.3) is 0 Å². The molecule has 0 unspecified atom stereocenters. The molecule has 0 atom stereocenters. The topological polar surface area (TPSA) is 37.3 Å². The van der Waals surface area contributed by atoms with Crippen molar-refractivity contribution >= 4 is 5.97 Å². The summed E-state index contributed by atoms with van der Waals surface area (Å²) in [7, 11) is 0. The van der Waals surface area contributed by atoms with Crippen molar-refractivity contribution in [3.05, 3.63) is 24.3 Å². The third-order valence-corrected chi connectivity index (χ3v) is 3.40. The molecule has 2 nitrogen and oxygen atoms in total. The molecular formula is C18H32O2. The molecule has 0 aromatic carbocycles. The molecule has 116 valence electrons. The zero-order valence-corrected chi connectivity index (χ0v) is 13.2. The summed E-state index contributed by atoms with van der Waals surface area (Å²) in [4.78, 5) is 10.3. The molecule has 0 aliphatic heterocycles. The summed E-state index contributed by atoms with van der Waals surface area (Å²) in [6.45, 7) is 2.26. The van der Waals surface area contributed by atoms with Crippen LogP contribution in [0.5, 0.6) is 0 Å². The largest absolute Gasteiger partial charge is 0.481 e. The van der Waals surface area contributed by atoms with Crippen molar-refractivity contribution in [1.82, 2.24) is 0 Å². The highest BCUT2D eigenvalue weighted by atomic mass is 16.4. The zero-order chi connectivity index (χ0) is 14.9. The van der Waals surface area contributed by atoms with Crippen molar-refractivity contribution in [2.24, 2.45) is 0 Å². The summed E-state index contributed by atoms with van der Waals surface area (Å²) in [5, 5.41) is 8.44. The molecule has 0 aliphatic rings. The Morgan fingerprint density at radius 3 is 1.85 bits per heavy atom. The third kappa shape index (κ3) is 16.9. The van der Waals surface area contributed by atoms with E-state index >= 15 is 0 Å². The van der Waals surface area contributed by atoms with Gasteiger partial charge < -0.3 is 5.11 Å². The Kier molecular flexibility index (Phi) is 15.2. The molecule has 1 N–H and O–H groups in total. The van der Waals surface area contributed by atoms with E-state index in [0.29, 0.717) is 0 Å². The van der Waals surface area contributed by atoms with E-state index in [1.165, 1.54) is 64.2 Å². The molecule has 0 aromatic rings. The number of carbonyl (C=O) groups is 1. The van der Waals surface area contributed by atoms with Gasteiger partial charge in [0, 0.05) is 0 Å². The minimum atomic E-state index is -0.774. The SMILES string of the molecule is CCCCCCCCCCCC/C=C/C=C/CC(=O)O. The van der Waals surface area contributed by atoms with Crippen LogP contribution in [0.2, 0.25) is 0 Å². The highest BCUT2D eigenvalue weighted by Crippen LogP contribution is 2.11. The highest BCUT2D eigenvalue weighted by Gasteiger charge is 1.91. The molecule has 0 saturated carbocycles. The molecule has 0 saturated heterocycles. The van der Waals surface area contributed by atoms with Gasteiger partial charge in [0.1, 0.15) is 0 Å². The summed E-state index contributed by atoms with van der Waals surface area (Å²) >= 11 is 0. The first-order valence-electron chi connectivity index (χ1n) is 8.30. The maximum absolute atomic E-state index is 10.3. The van der Waals surface area contributed by atoms with Crippen LogP contribution in [-0.2, 0) is 4.79 Å². The van der Waals surface area contributed by atoms with Crippen molar-refractivity contribution in [2.45, 2.75) is 84.0 Å². The Labute approximate surface area is 125 Å². The first-order valence-corrected chi connectivity index (χ1v) is 8.30. The Bertz CT molecular complexity index is 267. The van der Waals surface area contributed by atoms with Crippen LogP contribution in [0.3, 0.4) is 0 Å². The average molecular weight is 280 g/mol. The van der Waals surface area contributed by atoms with Crippen LogP contribution in [0.15, 0.2) is 24.3 Å². The van der Waals surface area contributed by atoms with Gasteiger partial charge in [-0.05, 0) is 12.8 Å². The Morgan fingerprint density at radius 2 is 1.30 bits per heavy atom. The lowest BCUT2D eigenvalue weighted by Gasteiger charge is -2.01. The summed E-state index contributed by atoms with van der Waals surface area (Å²) in [5.74, 6) is -0.774. The van der Waals surface area contributed by atoms with Crippen LogP contribution in [0.1, 0.15) is 84.0 Å². The molecule has 0 fully saturated rings. The van der Waals surface area contributed by atoms with Crippen molar-refractivity contribution in [2.75, 3.05) is 0 Å². The van der Waals surface area contributed by atoms with E-state index in [1.54, 1.807) is 6.08 Å². The molecular weight excluding hydrogens is 248 g/mol. The molecule has 0 bridgehead atoms. The summed E-state index contributed by atoms with van der Waals surface area (Å²) < 4.78 is 0. The number of unbranched alkanes of at least 4 members (excludes halogenated alkanes) is 10. The lowest BCUT2D eigenvalue weighted by molar-refractivity contribution is -0.136. The van der Waals surface area contributed by atoms with Crippen LogP contribution < -0.4 is 0 Å². The molecule has 0 aliphatic carbocycles. The number of aliphatic carboxylic acids is 1. The van der Waals surface area contributed by atoms with Crippen molar-refractivity contribution < 1.29 is 9.90 Å². The van der Waals surface area contributed by atoms with Gasteiger partial charge in [-0.3, -0.25) is 4.79 Å². The molecule has 0 heterocycles. The molecule has 0 spiro atoms. The van der Waals surface area contributed by atoms with Crippen molar-refractivity contribution in [1.29, 1.82) is 0 Å². The van der Waals surface area contributed by atoms with Crippen molar-refractivity contribution in [3.63, 3.8) is 0 Å². The van der Waals surface area contributed by atoms with Crippen LogP contribution >= 0.6 is 0 Å². The number of hydrogen-bond acceptors (Lipinski definition) is 1. The van der Waals surface area contributed by atoms with Gasteiger partial charge in [-0.2, -0.15) is 0 Å². The van der Waals surface area contributed by atoms with Crippen LogP contribution in [0, 0.1) is 0 Å². The minimum Gasteiger partial charge on any atom is -0.481 e. The second kappa shape index (κ2) is 16.0. The molecule has 0 rings (SSSR count). The lowest BCUT2D eigenvalue weighted by Crippen LogP contribution is -1.89. The van der Waals surface area contributed by atoms with Gasteiger partial charge in [0.05, 0.1) is 6.42 Å². The van der Waals surface area contributed by atoms with Gasteiger partial charge in [0.15, 0.2) is 0 Å². The predicted molar refractivity (Wildman–Crippen MR) is 87.0 cm³/mol. The first-order chi connectivity index (χ1) is 9.77. The quantitative estimate of drug-likeness (QED) is 0.318. The van der Waals surface area contributed by atoms with E-state index in [1.807, 2.05) is 12.2 Å². The van der Waals surface area contributed by atoms with Gasteiger partial charge >= 0.3 is 5.97 Å². The Hall–Kier alpha value is -1.05. The number of carboxylic acid groups (broad SMARTS) is 1. The second-order valence-electron chi connectivity index (χ2n) is 5.42. The summed E-state index contributed by atoms with van der Waals surface area (Å²) in [6.07, 6.45) is 22.5. The van der Waals surface area contributed by atoms with Crippen LogP contribution in [0.4, 0.5) is 0 Å². The maximum Gasteiger partial charge on any atom is 0.307 e. The molecule has 2 heteroatoms. The fourth-order valence-electron chi connectivity index (χ4n) is 2.17. The molecule has 0 amide bonds. The van der Waals surface area contributed by atoms with Gasteiger partial charge in [-0.15, -0.1) is 0 Å². The smallest absolute Gasteiger partial charge is 0.307 e. The monoisotopic (exact) mass is 280 g/mol. The Balaban J connectivity index is 3.14. The number of hydrogen-bond donors (Lipinski definition) is 1. The van der Waals surface area contributed by atoms with E-state index in [4.69, 9.17) is 5.11 Å². The van der Waals surface area contributed by atoms with E-state index in [9.17, 15) is 4.79 Å². The highest BCUT2D eigenvalue weighted by molar-refractivity contribution is 5.68. The normalized spacial score (nSPS) is 11.7. The average Bonchev–Trinajstić information content (AvgIpc) is 2.43. The van der Waals surface area contributed by atoms with Crippen LogP contribution in [0.25, 0.3) is 0 Å². The fraction of sp³-hybridized carbons (Fsp3) is 0.722. The van der Waals surface area contributed by atoms with Gasteiger partial charge in [-0.25, -0.2) is 0 Å². The summed E-state index contributed by atoms with van der Waals surface area (Å²) in [6, 6.07) is 0. The maximum atomic E-state index is 10.3. The Morgan fingerprint density at radius 1 is 0.800 bits per heavy atom. The van der Waals surface area contributed by atoms with E-state index in [2.05, 4.69) is 13.0 Å². The zero-order valence-electron chi connectivity index (χ0n) is 13.2. The third-order valence-electron chi connectivity index (χ3n) is 3.40. The molecule has 0 radical (unpaired) electrons. The minimum absolute atomic E-state index is 0.114. The lowest BCUT2D eigenvalue weighted by atomic mass is 10.1. The van der Waals surface area contributed by atoms with E-state index in [0.717, 1.165) is 6.42 Å². The fourth-order valence-corrected chi connectivity index (χ4v) is 2.17.